The molecule has 1 atom stereocenters. The van der Waals surface area contributed by atoms with Crippen LogP contribution in [0.3, 0.4) is 0 Å². The van der Waals surface area contributed by atoms with Crippen LogP contribution in [0.2, 0.25) is 0 Å². The van der Waals surface area contributed by atoms with Crippen molar-refractivity contribution in [3.63, 3.8) is 0 Å². The first kappa shape index (κ1) is 22.1. The van der Waals surface area contributed by atoms with Crippen LogP contribution in [0.4, 0.5) is 9.18 Å². The van der Waals surface area contributed by atoms with Crippen LogP contribution < -0.4 is 14.8 Å². The van der Waals surface area contributed by atoms with Gasteiger partial charge < -0.3 is 9.64 Å². The third kappa shape index (κ3) is 5.59. The number of sulfonamides is 1. The molecule has 3 amide bonds. The fraction of sp³-hybridized carbons (Fsp3) is 0.474. The summed E-state index contributed by atoms with van der Waals surface area (Å²) in [6.45, 7) is 1.98. The highest BCUT2D eigenvalue weighted by Crippen LogP contribution is 2.31. The predicted molar refractivity (Wildman–Crippen MR) is 109 cm³/mol. The van der Waals surface area contributed by atoms with E-state index in [0.29, 0.717) is 18.1 Å². The largest absolute Gasteiger partial charge is 0.490 e. The number of amides is 3. The van der Waals surface area contributed by atoms with Gasteiger partial charge in [0, 0.05) is 6.04 Å². The van der Waals surface area contributed by atoms with Gasteiger partial charge in [-0.25, -0.2) is 27.3 Å². The number of nitrogens with zero attached hydrogens (tertiary/aromatic N) is 3. The normalized spacial score (nSPS) is 17.5. The van der Waals surface area contributed by atoms with E-state index in [1.54, 1.807) is 6.92 Å². The van der Waals surface area contributed by atoms with Crippen LogP contribution >= 0.6 is 0 Å². The fourth-order valence-electron chi connectivity index (χ4n) is 3.20. The number of halogens is 1. The Kier molecular flexibility index (Phi) is 6.11. The predicted octanol–water partition coefficient (Wildman–Crippen LogP) is 0.965. The molecule has 172 valence electrons. The highest BCUT2D eigenvalue weighted by molar-refractivity contribution is 7.88. The number of ether oxygens (including phenoxy) is 1. The molecule has 0 bridgehead atoms. The molecule has 1 aliphatic heterocycles. The summed E-state index contributed by atoms with van der Waals surface area (Å²) in [4.78, 5) is 28.1. The molecule has 32 heavy (non-hydrogen) atoms. The number of hydrogen-bond donors (Lipinski definition) is 3. The lowest BCUT2D eigenvalue weighted by molar-refractivity contribution is -0.118. The second kappa shape index (κ2) is 8.82. The van der Waals surface area contributed by atoms with Gasteiger partial charge in [-0.15, -0.1) is 0 Å². The van der Waals surface area contributed by atoms with Gasteiger partial charge in [0.25, 0.3) is 0 Å². The van der Waals surface area contributed by atoms with Gasteiger partial charge in [-0.3, -0.25) is 15.2 Å². The number of aromatic amines is 1. The van der Waals surface area contributed by atoms with Gasteiger partial charge in [0.15, 0.2) is 17.4 Å². The van der Waals surface area contributed by atoms with E-state index in [2.05, 4.69) is 25.2 Å². The van der Waals surface area contributed by atoms with Crippen molar-refractivity contribution in [2.45, 2.75) is 38.1 Å². The molecule has 2 aliphatic rings. The lowest BCUT2D eigenvalue weighted by Crippen LogP contribution is -2.29. The summed E-state index contributed by atoms with van der Waals surface area (Å²) >= 11 is 0. The second-order valence-corrected chi connectivity index (χ2v) is 9.70. The number of imide groups is 1. The Bertz CT molecular complexity index is 1130. The number of nitrogens with one attached hydrogen (secondary N) is 3. The highest BCUT2D eigenvalue weighted by Gasteiger charge is 2.28. The van der Waals surface area contributed by atoms with Gasteiger partial charge in [-0.1, -0.05) is 6.07 Å². The number of carbonyl (C=O) groups is 2. The zero-order valence-electron chi connectivity index (χ0n) is 17.3. The lowest BCUT2D eigenvalue weighted by Gasteiger charge is -2.16. The number of carbonyl (C=O) groups excluding carboxylic acids is 2. The summed E-state index contributed by atoms with van der Waals surface area (Å²) in [5, 5.41) is 8.59. The number of rotatable bonds is 10. The topological polar surface area (TPSA) is 146 Å². The van der Waals surface area contributed by atoms with Crippen molar-refractivity contribution in [3.8, 4) is 5.75 Å². The number of H-pyrrole nitrogens is 1. The molecule has 2 heterocycles. The van der Waals surface area contributed by atoms with E-state index in [4.69, 9.17) is 4.74 Å². The maximum atomic E-state index is 14.0. The minimum absolute atomic E-state index is 0.00628. The van der Waals surface area contributed by atoms with Gasteiger partial charge in [0.1, 0.15) is 18.1 Å². The van der Waals surface area contributed by atoms with Crippen LogP contribution in [-0.4, -0.2) is 53.6 Å². The number of hydrogen-bond acceptors (Lipinski definition) is 7. The molecule has 1 saturated heterocycles. The Labute approximate surface area is 183 Å². The van der Waals surface area contributed by atoms with E-state index in [1.165, 1.54) is 23.1 Å². The van der Waals surface area contributed by atoms with E-state index in [-0.39, 0.29) is 30.5 Å². The molecule has 1 saturated carbocycles. The molecule has 1 aromatic carbocycles. The first-order valence-corrected chi connectivity index (χ1v) is 11.7. The molecule has 13 heteroatoms. The fourth-order valence-corrected chi connectivity index (χ4v) is 4.43. The molecule has 0 spiro atoms. The molecular weight excluding hydrogens is 443 g/mol. The molecule has 4 rings (SSSR count). The SMILES string of the molecule is C[C@@H](NS(=O)(=O)Cc1n[nH]c(CN2CC(=O)NC2=O)n1)c1ccc(F)c(OCC2CC2)c1. The van der Waals surface area contributed by atoms with E-state index in [1.807, 2.05) is 0 Å². The summed E-state index contributed by atoms with van der Waals surface area (Å²) in [6, 6.07) is 3.07. The Morgan fingerprint density at radius 3 is 2.81 bits per heavy atom. The van der Waals surface area contributed by atoms with Crippen molar-refractivity contribution in [2.75, 3.05) is 13.2 Å². The van der Waals surface area contributed by atoms with Crippen molar-refractivity contribution >= 4 is 22.0 Å². The minimum Gasteiger partial charge on any atom is -0.490 e. The number of urea groups is 1. The average Bonchev–Trinajstić information content (AvgIpc) is 3.36. The van der Waals surface area contributed by atoms with Crippen LogP contribution in [0.15, 0.2) is 18.2 Å². The number of benzene rings is 1. The molecular formula is C19H23FN6O5S. The van der Waals surface area contributed by atoms with Gasteiger partial charge in [-0.2, -0.15) is 5.10 Å². The molecule has 0 radical (unpaired) electrons. The van der Waals surface area contributed by atoms with Gasteiger partial charge >= 0.3 is 6.03 Å². The van der Waals surface area contributed by atoms with Crippen molar-refractivity contribution in [1.29, 1.82) is 0 Å². The van der Waals surface area contributed by atoms with Gasteiger partial charge in [0.05, 0.1) is 13.2 Å². The van der Waals surface area contributed by atoms with E-state index >= 15 is 0 Å². The van der Waals surface area contributed by atoms with Crippen molar-refractivity contribution in [1.82, 2.24) is 30.1 Å². The van der Waals surface area contributed by atoms with E-state index < -0.39 is 39.6 Å². The van der Waals surface area contributed by atoms with Crippen LogP contribution in [0.5, 0.6) is 5.75 Å². The Morgan fingerprint density at radius 1 is 1.34 bits per heavy atom. The third-order valence-electron chi connectivity index (χ3n) is 5.09. The third-order valence-corrected chi connectivity index (χ3v) is 6.44. The summed E-state index contributed by atoms with van der Waals surface area (Å²) in [5.74, 6) is -0.583. The number of aromatic nitrogens is 3. The Morgan fingerprint density at radius 2 is 2.12 bits per heavy atom. The summed E-state index contributed by atoms with van der Waals surface area (Å²) in [7, 11) is -3.83. The Balaban J connectivity index is 1.36. The van der Waals surface area contributed by atoms with Crippen molar-refractivity contribution < 1.29 is 27.1 Å². The van der Waals surface area contributed by atoms with Crippen molar-refractivity contribution in [3.05, 3.63) is 41.2 Å². The van der Waals surface area contributed by atoms with E-state index in [9.17, 15) is 22.4 Å². The van der Waals surface area contributed by atoms with Crippen LogP contribution in [0.25, 0.3) is 0 Å². The molecule has 1 aliphatic carbocycles. The standard InChI is InChI=1S/C19H23FN6O5S/c1-11(13-4-5-14(20)15(6-13)31-9-12-2-3-12)25-32(29,30)10-17-21-16(23-24-17)7-26-8-18(27)22-19(26)28/h4-6,11-12,25H,2-3,7-10H2,1H3,(H,21,23,24)(H,22,27,28)/t11-/m1/s1. The summed E-state index contributed by atoms with van der Waals surface area (Å²) < 4.78 is 47.2. The first-order valence-electron chi connectivity index (χ1n) is 10.1. The van der Waals surface area contributed by atoms with Gasteiger partial charge in [-0.05, 0) is 43.4 Å². The smallest absolute Gasteiger partial charge is 0.324 e. The molecule has 0 unspecified atom stereocenters. The summed E-state index contributed by atoms with van der Waals surface area (Å²) in [5.41, 5.74) is 0.557. The molecule has 1 aromatic heterocycles. The zero-order chi connectivity index (χ0) is 22.9. The van der Waals surface area contributed by atoms with Crippen LogP contribution in [-0.2, 0) is 27.1 Å². The molecule has 11 nitrogen and oxygen atoms in total. The second-order valence-electron chi connectivity index (χ2n) is 7.95. The Hall–Kier alpha value is -3.06. The van der Waals surface area contributed by atoms with E-state index in [0.717, 1.165) is 12.8 Å². The minimum atomic E-state index is -3.83. The maximum Gasteiger partial charge on any atom is 0.324 e. The first-order chi connectivity index (χ1) is 15.2. The molecule has 3 N–H and O–H groups in total. The monoisotopic (exact) mass is 466 g/mol. The molecule has 2 fully saturated rings. The van der Waals surface area contributed by atoms with Crippen molar-refractivity contribution in [2.24, 2.45) is 5.92 Å². The maximum absolute atomic E-state index is 14.0. The van der Waals surface area contributed by atoms with Crippen LogP contribution in [0.1, 0.15) is 43.0 Å². The average molecular weight is 466 g/mol. The zero-order valence-corrected chi connectivity index (χ0v) is 18.1. The van der Waals surface area contributed by atoms with Gasteiger partial charge in [0.2, 0.25) is 15.9 Å². The van der Waals surface area contributed by atoms with Crippen LogP contribution in [0, 0.1) is 11.7 Å². The molecule has 2 aromatic rings. The summed E-state index contributed by atoms with van der Waals surface area (Å²) in [6.07, 6.45) is 2.15. The lowest BCUT2D eigenvalue weighted by atomic mass is 10.1. The highest BCUT2D eigenvalue weighted by atomic mass is 32.2. The quantitative estimate of drug-likeness (QED) is 0.442.